The molecule has 2 atom stereocenters. The summed E-state index contributed by atoms with van der Waals surface area (Å²) in [5.74, 6) is -2.29. The molecule has 0 saturated heterocycles. The van der Waals surface area contributed by atoms with Crippen molar-refractivity contribution in [2.75, 3.05) is 47.5 Å². The molecule has 0 saturated carbocycles. The molecule has 0 fully saturated rings. The van der Waals surface area contributed by atoms with Crippen molar-refractivity contribution in [1.29, 1.82) is 0 Å². The summed E-state index contributed by atoms with van der Waals surface area (Å²) in [6, 6.07) is 0. The Balaban J connectivity index is 4.08. The van der Waals surface area contributed by atoms with Crippen molar-refractivity contribution in [1.82, 2.24) is 0 Å². The van der Waals surface area contributed by atoms with Crippen LogP contribution in [0.25, 0.3) is 0 Å². The summed E-state index contributed by atoms with van der Waals surface area (Å²) in [5.41, 5.74) is 0. The third-order valence-corrected chi connectivity index (χ3v) is 13.5. The summed E-state index contributed by atoms with van der Waals surface area (Å²) in [4.78, 5) is 37.3. The van der Waals surface area contributed by atoms with Gasteiger partial charge in [-0.1, -0.05) is 258 Å². The molecule has 0 aliphatic rings. The minimum Gasteiger partial charge on any atom is -0.545 e. The van der Waals surface area contributed by atoms with Gasteiger partial charge in [-0.05, 0) is 96.3 Å². The van der Waals surface area contributed by atoms with Crippen LogP contribution in [0.4, 0.5) is 0 Å². The molecule has 452 valence electrons. The van der Waals surface area contributed by atoms with E-state index in [9.17, 15) is 19.5 Å². The number of carboxylic acid groups (broad SMARTS) is 1. The van der Waals surface area contributed by atoms with Crippen molar-refractivity contribution in [2.24, 2.45) is 0 Å². The van der Waals surface area contributed by atoms with Crippen LogP contribution < -0.4 is 5.11 Å². The molecule has 0 aliphatic carbocycles. The molecule has 0 heterocycles. The Morgan fingerprint density at radius 1 is 0.380 bits per heavy atom. The number of hydrogen-bond donors (Lipinski definition) is 0. The van der Waals surface area contributed by atoms with E-state index in [1.165, 1.54) is 116 Å². The number of quaternary nitrogens is 1. The molecule has 0 aromatic carbocycles. The van der Waals surface area contributed by atoms with Gasteiger partial charge < -0.3 is 33.3 Å². The van der Waals surface area contributed by atoms with E-state index in [-0.39, 0.29) is 38.6 Å². The molecular formula is C70H119NO8. The van der Waals surface area contributed by atoms with E-state index < -0.39 is 24.3 Å². The number of aliphatic carboxylic acids is 1. The first-order chi connectivity index (χ1) is 38.6. The number of carbonyl (C=O) groups is 3. The molecule has 0 radical (unpaired) electrons. The third kappa shape index (κ3) is 61.4. The first-order valence-electron chi connectivity index (χ1n) is 32.0. The Morgan fingerprint density at radius 3 is 1.01 bits per heavy atom. The van der Waals surface area contributed by atoms with Crippen LogP contribution in [0.5, 0.6) is 0 Å². The van der Waals surface area contributed by atoms with E-state index in [1.807, 2.05) is 21.1 Å². The van der Waals surface area contributed by atoms with Gasteiger partial charge >= 0.3 is 11.9 Å². The molecule has 0 aromatic rings. The van der Waals surface area contributed by atoms with E-state index in [0.717, 1.165) is 109 Å². The van der Waals surface area contributed by atoms with E-state index in [1.54, 1.807) is 0 Å². The standard InChI is InChI=1S/C70H119NO8/c1-6-8-10-12-14-16-18-20-22-24-25-26-27-28-29-30-31-32-33-34-35-36-37-38-39-40-41-42-43-45-47-49-51-53-55-57-59-61-68(73)79-66(65-78-70(69(74)75)76-63-62-71(3,4)5)64-77-67(72)60-58-56-54-52-50-48-46-44-23-21-19-17-15-13-11-9-7-2/h8-11,14-17,20-23,25-26,28-29,31-32,66,70H,6-7,12-13,18-19,24,27,30,33-65H2,1-5H3/b10-8-,11-9-,16-14-,17-15-,22-20-,23-21-,26-25-,29-28-,32-31-. The zero-order valence-electron chi connectivity index (χ0n) is 51.5. The maximum atomic E-state index is 12.9. The summed E-state index contributed by atoms with van der Waals surface area (Å²) in [6.07, 6.45) is 80.2. The van der Waals surface area contributed by atoms with Crippen molar-refractivity contribution in [3.63, 3.8) is 0 Å². The van der Waals surface area contributed by atoms with Gasteiger partial charge in [0.1, 0.15) is 13.2 Å². The third-order valence-electron chi connectivity index (χ3n) is 13.5. The van der Waals surface area contributed by atoms with Crippen molar-refractivity contribution < 1.29 is 42.9 Å². The van der Waals surface area contributed by atoms with E-state index in [2.05, 4.69) is 123 Å². The molecule has 0 rings (SSSR count). The molecule has 2 unspecified atom stereocenters. The molecule has 0 spiro atoms. The summed E-state index contributed by atoms with van der Waals surface area (Å²) in [6.45, 7) is 4.52. The zero-order chi connectivity index (χ0) is 57.6. The number of allylic oxidation sites excluding steroid dienone is 18. The number of nitrogens with zero attached hydrogens (tertiary/aromatic N) is 1. The van der Waals surface area contributed by atoms with Gasteiger partial charge in [0.2, 0.25) is 0 Å². The fraction of sp³-hybridized carbons (Fsp3) is 0.700. The van der Waals surface area contributed by atoms with Gasteiger partial charge in [0.25, 0.3) is 0 Å². The lowest BCUT2D eigenvalue weighted by Gasteiger charge is -2.26. The average molecular weight is 1100 g/mol. The SMILES string of the molecule is CC/C=C\C/C=C\C/C=C\C/C=C\C/C=C\C/C=C\CCCCCCCCCCCCCCCCCCCCC(=O)OC(COC(=O)CCCCCCCCC/C=C\C/C=C\C/C=C\CC)COC(OCC[N+](C)(C)C)C(=O)[O-]. The number of rotatable bonds is 58. The fourth-order valence-corrected chi connectivity index (χ4v) is 8.67. The predicted molar refractivity (Wildman–Crippen MR) is 333 cm³/mol. The molecule has 9 heteroatoms. The number of esters is 2. The monoisotopic (exact) mass is 1100 g/mol. The molecule has 79 heavy (non-hydrogen) atoms. The smallest absolute Gasteiger partial charge is 0.306 e. The predicted octanol–water partition coefficient (Wildman–Crippen LogP) is 18.1. The van der Waals surface area contributed by atoms with E-state index >= 15 is 0 Å². The number of unbranched alkanes of at least 4 members (excludes halogenated alkanes) is 25. The number of ether oxygens (including phenoxy) is 4. The van der Waals surface area contributed by atoms with Crippen LogP contribution in [0.15, 0.2) is 109 Å². The van der Waals surface area contributed by atoms with Gasteiger partial charge in [-0.15, -0.1) is 0 Å². The zero-order valence-corrected chi connectivity index (χ0v) is 51.5. The minimum atomic E-state index is -1.63. The lowest BCUT2D eigenvalue weighted by molar-refractivity contribution is -0.870. The molecule has 0 bridgehead atoms. The summed E-state index contributed by atoms with van der Waals surface area (Å²) < 4.78 is 22.7. The maximum Gasteiger partial charge on any atom is 0.306 e. The Morgan fingerprint density at radius 2 is 0.684 bits per heavy atom. The number of likely N-dealkylation sites (N-methyl/N-ethyl adjacent to an activating group) is 1. The van der Waals surface area contributed by atoms with Crippen LogP contribution in [0.1, 0.15) is 258 Å². The second-order valence-electron chi connectivity index (χ2n) is 22.3. The molecule has 0 aromatic heterocycles. The summed E-state index contributed by atoms with van der Waals surface area (Å²) >= 11 is 0. The normalized spacial score (nSPS) is 13.5. The minimum absolute atomic E-state index is 0.143. The Kier molecular flexibility index (Phi) is 57.0. The Hall–Kier alpha value is -4.05. The number of carboxylic acids is 1. The van der Waals surface area contributed by atoms with Gasteiger partial charge in [-0.2, -0.15) is 0 Å². The highest BCUT2D eigenvalue weighted by Crippen LogP contribution is 2.17. The second kappa shape index (κ2) is 60.1. The van der Waals surface area contributed by atoms with Gasteiger partial charge in [-0.3, -0.25) is 9.59 Å². The van der Waals surface area contributed by atoms with Crippen LogP contribution in [0, 0.1) is 0 Å². The first-order valence-corrected chi connectivity index (χ1v) is 32.0. The summed E-state index contributed by atoms with van der Waals surface area (Å²) in [7, 11) is 5.92. The lowest BCUT2D eigenvalue weighted by atomic mass is 10.0. The van der Waals surface area contributed by atoms with Crippen LogP contribution >= 0.6 is 0 Å². The summed E-state index contributed by atoms with van der Waals surface area (Å²) in [5, 5.41) is 11.8. The lowest BCUT2D eigenvalue weighted by Crippen LogP contribution is -2.44. The number of hydrogen-bond acceptors (Lipinski definition) is 8. The molecule has 0 aliphatic heterocycles. The van der Waals surface area contributed by atoms with Crippen molar-refractivity contribution in [2.45, 2.75) is 270 Å². The number of carbonyl (C=O) groups excluding carboxylic acids is 3. The Bertz CT molecular complexity index is 1660. The highest BCUT2D eigenvalue weighted by atomic mass is 16.7. The van der Waals surface area contributed by atoms with E-state index in [4.69, 9.17) is 18.9 Å². The van der Waals surface area contributed by atoms with Crippen LogP contribution in [0.2, 0.25) is 0 Å². The molecule has 0 N–H and O–H groups in total. The van der Waals surface area contributed by atoms with Gasteiger partial charge in [0.05, 0.1) is 40.3 Å². The fourth-order valence-electron chi connectivity index (χ4n) is 8.67. The van der Waals surface area contributed by atoms with Crippen molar-refractivity contribution in [3.8, 4) is 0 Å². The van der Waals surface area contributed by atoms with Crippen LogP contribution in [-0.4, -0.2) is 82.3 Å². The maximum absolute atomic E-state index is 12.9. The first kappa shape index (κ1) is 75.0. The highest BCUT2D eigenvalue weighted by molar-refractivity contribution is 5.70. The highest BCUT2D eigenvalue weighted by Gasteiger charge is 2.22. The second-order valence-corrected chi connectivity index (χ2v) is 22.3. The average Bonchev–Trinajstić information content (AvgIpc) is 3.42. The van der Waals surface area contributed by atoms with Gasteiger partial charge in [-0.25, -0.2) is 0 Å². The molecule has 0 amide bonds. The van der Waals surface area contributed by atoms with Gasteiger partial charge in [0, 0.05) is 12.8 Å². The van der Waals surface area contributed by atoms with Gasteiger partial charge in [0.15, 0.2) is 12.4 Å². The topological polar surface area (TPSA) is 111 Å². The molecular weight excluding hydrogens is 983 g/mol. The van der Waals surface area contributed by atoms with Crippen molar-refractivity contribution in [3.05, 3.63) is 109 Å². The van der Waals surface area contributed by atoms with Crippen molar-refractivity contribution >= 4 is 17.9 Å². The largest absolute Gasteiger partial charge is 0.545 e. The van der Waals surface area contributed by atoms with Crippen LogP contribution in [-0.2, 0) is 33.3 Å². The van der Waals surface area contributed by atoms with Crippen LogP contribution in [0.3, 0.4) is 0 Å². The quantitative estimate of drug-likeness (QED) is 0.0195. The van der Waals surface area contributed by atoms with E-state index in [0.29, 0.717) is 17.4 Å². The Labute approximate surface area is 485 Å². The molecule has 9 nitrogen and oxygen atoms in total.